The Balaban J connectivity index is 1.25. The van der Waals surface area contributed by atoms with Crippen LogP contribution in [0.3, 0.4) is 0 Å². The molecule has 1 saturated heterocycles. The van der Waals surface area contributed by atoms with Gasteiger partial charge in [-0.1, -0.05) is 18.2 Å². The molecule has 9 heteroatoms. The molecule has 2 bridgehead atoms. The lowest BCUT2D eigenvalue weighted by Crippen LogP contribution is -2.77. The van der Waals surface area contributed by atoms with E-state index in [4.69, 9.17) is 18.9 Å². The number of aliphatic hydroxyl groups is 1. The number of ketones is 1. The molecule has 1 N–H and O–H groups in total. The summed E-state index contributed by atoms with van der Waals surface area (Å²) in [5, 5.41) is 12.2. The van der Waals surface area contributed by atoms with Crippen molar-refractivity contribution in [3.8, 4) is 11.5 Å². The Morgan fingerprint density at radius 3 is 2.60 bits per heavy atom. The summed E-state index contributed by atoms with van der Waals surface area (Å²) in [6.07, 6.45) is 4.61. The molecule has 2 fully saturated rings. The number of carbonyl (C=O) groups excluding carboxylic acids is 3. The van der Waals surface area contributed by atoms with Crippen LogP contribution in [0.25, 0.3) is 0 Å². The van der Waals surface area contributed by atoms with Crippen molar-refractivity contribution in [2.75, 3.05) is 19.8 Å². The molecular weight excluding hydrogens is 454 g/mol. The van der Waals surface area contributed by atoms with Crippen LogP contribution in [0.15, 0.2) is 35.4 Å². The fourth-order valence-corrected chi connectivity index (χ4v) is 6.50. The van der Waals surface area contributed by atoms with E-state index in [0.717, 1.165) is 35.1 Å². The third kappa shape index (κ3) is 2.94. The molecule has 1 aromatic carbocycles. The van der Waals surface area contributed by atoms with Gasteiger partial charge >= 0.3 is 12.2 Å². The Kier molecular flexibility index (Phi) is 4.26. The third-order valence-electron chi connectivity index (χ3n) is 8.41. The van der Waals surface area contributed by atoms with Crippen LogP contribution >= 0.6 is 0 Å². The van der Waals surface area contributed by atoms with E-state index in [1.54, 1.807) is 11.0 Å². The van der Waals surface area contributed by atoms with Gasteiger partial charge in [0.2, 0.25) is 0 Å². The number of benzene rings is 1. The first-order valence-corrected chi connectivity index (χ1v) is 12.1. The molecule has 1 amide bonds. The summed E-state index contributed by atoms with van der Waals surface area (Å²) in [5.41, 5.74) is 1.36. The average molecular weight is 479 g/mol. The van der Waals surface area contributed by atoms with Gasteiger partial charge in [-0.3, -0.25) is 4.79 Å². The zero-order valence-corrected chi connectivity index (χ0v) is 19.1. The van der Waals surface area contributed by atoms with Crippen LogP contribution < -0.4 is 9.47 Å². The van der Waals surface area contributed by atoms with Crippen molar-refractivity contribution in [2.24, 2.45) is 0 Å². The van der Waals surface area contributed by atoms with Crippen LogP contribution in [0.4, 0.5) is 9.59 Å². The SMILES string of the molecule is O=C(OCC1=CC1)Oc1ccc2c3c1O[C@H]1C(=O)CCC4(O)[C@@H](C2)N(C(=O)OCC2=CC2)CC[C@]314. The second kappa shape index (κ2) is 7.10. The van der Waals surface area contributed by atoms with Crippen LogP contribution in [0.2, 0.25) is 0 Å². The van der Waals surface area contributed by atoms with Crippen LogP contribution in [0.5, 0.6) is 11.5 Å². The highest BCUT2D eigenvalue weighted by Gasteiger charge is 2.73. The number of amides is 1. The molecule has 0 radical (unpaired) electrons. The van der Waals surface area contributed by atoms with E-state index in [1.807, 2.05) is 18.2 Å². The third-order valence-corrected chi connectivity index (χ3v) is 8.41. The predicted octanol–water partition coefficient (Wildman–Crippen LogP) is 2.72. The predicted molar refractivity (Wildman–Crippen MR) is 119 cm³/mol. The second-order valence-electron chi connectivity index (χ2n) is 10.3. The number of Topliss-reactive ketones (excluding diaryl/α,β-unsaturated/α-hetero) is 1. The molecule has 35 heavy (non-hydrogen) atoms. The number of hydrogen-bond acceptors (Lipinski definition) is 8. The Morgan fingerprint density at radius 1 is 1.11 bits per heavy atom. The maximum Gasteiger partial charge on any atom is 0.514 e. The van der Waals surface area contributed by atoms with Gasteiger partial charge in [-0.25, -0.2) is 9.59 Å². The normalized spacial score (nSPS) is 32.6. The monoisotopic (exact) mass is 479 g/mol. The number of carbonyl (C=O) groups is 3. The molecular formula is C26H25NO8. The number of piperidine rings is 1. The Labute approximate surface area is 201 Å². The number of rotatable bonds is 5. The van der Waals surface area contributed by atoms with Crippen molar-refractivity contribution < 1.29 is 38.4 Å². The molecule has 1 spiro atoms. The summed E-state index contributed by atoms with van der Waals surface area (Å²) >= 11 is 0. The zero-order chi connectivity index (χ0) is 23.9. The Bertz CT molecular complexity index is 1250. The quantitative estimate of drug-likeness (QED) is 0.390. The highest BCUT2D eigenvalue weighted by atomic mass is 16.7. The molecule has 1 saturated carbocycles. The van der Waals surface area contributed by atoms with Gasteiger partial charge in [0.25, 0.3) is 0 Å². The minimum absolute atomic E-state index is 0.0941. The fraction of sp³-hybridized carbons (Fsp3) is 0.500. The molecule has 1 aromatic rings. The van der Waals surface area contributed by atoms with Gasteiger partial charge in [0, 0.05) is 18.5 Å². The molecule has 9 nitrogen and oxygen atoms in total. The molecule has 7 rings (SSSR count). The van der Waals surface area contributed by atoms with Crippen LogP contribution in [0, 0.1) is 0 Å². The Hall–Kier alpha value is -3.33. The van der Waals surface area contributed by atoms with Crippen LogP contribution in [-0.4, -0.2) is 65.5 Å². The molecule has 4 atom stereocenters. The first-order valence-electron chi connectivity index (χ1n) is 12.1. The standard InChI is InChI=1S/C26H25NO8/c28-17-7-8-26(31)19-11-16-5-6-18(34-24(30)33-13-15-3-4-15)21-20(16)25(26,22(17)35-21)9-10-27(19)23(29)32-12-14-1-2-14/h1,3,5-6,19,22,31H,2,4,7-13H2/t19-,22+,25+,26?/m1/s1. The summed E-state index contributed by atoms with van der Waals surface area (Å²) in [6.45, 7) is 0.791. The van der Waals surface area contributed by atoms with Crippen LogP contribution in [0.1, 0.15) is 43.2 Å². The minimum atomic E-state index is -1.36. The number of ether oxygens (including phenoxy) is 4. The van der Waals surface area contributed by atoms with Crippen molar-refractivity contribution >= 4 is 18.0 Å². The summed E-state index contributed by atoms with van der Waals surface area (Å²) in [7, 11) is 0. The number of allylic oxidation sites excluding steroid dienone is 2. The van der Waals surface area contributed by atoms with Gasteiger partial charge in [0.05, 0.1) is 17.1 Å². The Morgan fingerprint density at radius 2 is 1.86 bits per heavy atom. The molecule has 182 valence electrons. The summed E-state index contributed by atoms with van der Waals surface area (Å²) in [5.74, 6) is 0.401. The largest absolute Gasteiger partial charge is 0.514 e. The topological polar surface area (TPSA) is 112 Å². The van der Waals surface area contributed by atoms with Crippen molar-refractivity contribution in [3.63, 3.8) is 0 Å². The van der Waals surface area contributed by atoms with E-state index in [-0.39, 0.29) is 37.6 Å². The lowest BCUT2D eigenvalue weighted by Gasteiger charge is -2.61. The number of nitrogens with zero attached hydrogens (tertiary/aromatic N) is 1. The highest BCUT2D eigenvalue weighted by molar-refractivity contribution is 5.90. The fourth-order valence-electron chi connectivity index (χ4n) is 6.50. The summed E-state index contributed by atoms with van der Waals surface area (Å²) < 4.78 is 22.4. The average Bonchev–Trinajstić information content (AvgIpc) is 3.76. The van der Waals surface area contributed by atoms with E-state index in [0.29, 0.717) is 25.1 Å². The highest BCUT2D eigenvalue weighted by Crippen LogP contribution is 2.65. The maximum atomic E-state index is 13.1. The van der Waals surface area contributed by atoms with Gasteiger partial charge < -0.3 is 29.0 Å². The first kappa shape index (κ1) is 21.0. The molecule has 2 aliphatic heterocycles. The van der Waals surface area contributed by atoms with E-state index in [1.165, 1.54) is 0 Å². The summed E-state index contributed by atoms with van der Waals surface area (Å²) in [4.78, 5) is 40.0. The maximum absolute atomic E-state index is 13.1. The van der Waals surface area contributed by atoms with Crippen molar-refractivity contribution in [3.05, 3.63) is 46.6 Å². The van der Waals surface area contributed by atoms with Gasteiger partial charge in [-0.05, 0) is 54.9 Å². The number of likely N-dealkylation sites (tertiary alicyclic amines) is 1. The number of hydrogen-bond donors (Lipinski definition) is 1. The lowest BCUT2D eigenvalue weighted by molar-refractivity contribution is -0.183. The van der Waals surface area contributed by atoms with Gasteiger partial charge in [-0.2, -0.15) is 0 Å². The van der Waals surface area contributed by atoms with Gasteiger partial charge in [0.15, 0.2) is 23.4 Å². The first-order chi connectivity index (χ1) is 16.9. The smallest absolute Gasteiger partial charge is 0.477 e. The molecule has 0 aromatic heterocycles. The minimum Gasteiger partial charge on any atom is -0.477 e. The lowest BCUT2D eigenvalue weighted by atomic mass is 9.49. The van der Waals surface area contributed by atoms with E-state index in [9.17, 15) is 19.5 Å². The molecule has 6 aliphatic rings. The van der Waals surface area contributed by atoms with Crippen molar-refractivity contribution in [2.45, 2.75) is 61.7 Å². The molecule has 2 heterocycles. The van der Waals surface area contributed by atoms with Gasteiger partial charge in [0.1, 0.15) is 13.2 Å². The van der Waals surface area contributed by atoms with E-state index >= 15 is 0 Å². The van der Waals surface area contributed by atoms with Gasteiger partial charge in [-0.15, -0.1) is 0 Å². The van der Waals surface area contributed by atoms with Crippen molar-refractivity contribution in [1.29, 1.82) is 0 Å². The zero-order valence-electron chi connectivity index (χ0n) is 19.1. The van der Waals surface area contributed by atoms with Crippen LogP contribution in [-0.2, 0) is 26.1 Å². The van der Waals surface area contributed by atoms with E-state index < -0.39 is 35.4 Å². The van der Waals surface area contributed by atoms with E-state index in [2.05, 4.69) is 0 Å². The molecule has 1 unspecified atom stereocenters. The molecule has 4 aliphatic carbocycles. The second-order valence-corrected chi connectivity index (χ2v) is 10.3. The summed E-state index contributed by atoms with van der Waals surface area (Å²) in [6, 6.07) is 2.92. The van der Waals surface area contributed by atoms with Crippen molar-refractivity contribution in [1.82, 2.24) is 4.90 Å².